The number of allylic oxidation sites excluding steroid dienone is 4. The van der Waals surface area contributed by atoms with Crippen molar-refractivity contribution in [1.82, 2.24) is 0 Å². The second kappa shape index (κ2) is 7.38. The number of carbonyl (C=O) groups is 2. The first-order valence-corrected chi connectivity index (χ1v) is 13.6. The van der Waals surface area contributed by atoms with Gasteiger partial charge in [0.2, 0.25) is 11.8 Å². The van der Waals surface area contributed by atoms with Crippen LogP contribution in [0.5, 0.6) is 0 Å². The first kappa shape index (κ1) is 25.3. The predicted octanol–water partition coefficient (Wildman–Crippen LogP) is 6.65. The Kier molecular flexibility index (Phi) is 5.20. The fraction of sp³-hybridized carbons (Fsp3) is 0.742. The maximum atomic E-state index is 14.3. The van der Waals surface area contributed by atoms with Crippen molar-refractivity contribution in [2.24, 2.45) is 49.8 Å². The lowest BCUT2D eigenvalue weighted by atomic mass is 9.35. The Morgan fingerprint density at radius 1 is 1.00 bits per heavy atom. The van der Waals surface area contributed by atoms with Gasteiger partial charge >= 0.3 is 0 Å². The molecule has 0 N–H and O–H groups in total. The van der Waals surface area contributed by atoms with Gasteiger partial charge in [-0.05, 0) is 79.1 Å². The second-order valence-electron chi connectivity index (χ2n) is 14.5. The zero-order valence-corrected chi connectivity index (χ0v) is 23.0. The van der Waals surface area contributed by atoms with Crippen LogP contribution in [0.2, 0.25) is 0 Å². The van der Waals surface area contributed by atoms with Crippen molar-refractivity contribution < 1.29 is 14.4 Å². The molecule has 5 rings (SSSR count). The normalized spacial score (nSPS) is 46.4. The zero-order chi connectivity index (χ0) is 26.5. The van der Waals surface area contributed by atoms with Crippen LogP contribution < -0.4 is 0 Å². The Balaban J connectivity index is 1.71. The molecule has 0 spiro atoms. The van der Waals surface area contributed by atoms with Crippen LogP contribution in [0.15, 0.2) is 28.4 Å². The van der Waals surface area contributed by atoms with Crippen LogP contribution in [-0.4, -0.2) is 23.2 Å². The lowest BCUT2D eigenvalue weighted by molar-refractivity contribution is -0.158. The smallest absolute Gasteiger partial charge is 0.235 e. The first-order chi connectivity index (χ1) is 16.6. The summed E-state index contributed by atoms with van der Waals surface area (Å²) in [5.41, 5.74) is -0.763. The van der Waals surface area contributed by atoms with Crippen molar-refractivity contribution in [1.29, 1.82) is 0 Å². The van der Waals surface area contributed by atoms with Gasteiger partial charge in [0.25, 0.3) is 0 Å². The zero-order valence-electron chi connectivity index (χ0n) is 23.0. The number of Topliss-reactive ketones (excluding diaryl/α,β-unsaturated/α-hetero) is 1. The average molecular weight is 489 g/mol. The number of nitrogens with zero attached hydrogens (tertiary/aromatic N) is 2. The summed E-state index contributed by atoms with van der Waals surface area (Å²) in [6.07, 6.45) is 11.8. The molecule has 5 heteroatoms. The van der Waals surface area contributed by atoms with Crippen LogP contribution in [0.25, 0.3) is 4.85 Å². The maximum absolute atomic E-state index is 14.3. The average Bonchev–Trinajstić information content (AvgIpc) is 2.79. The molecule has 0 aliphatic heterocycles. The third-order valence-electron chi connectivity index (χ3n) is 12.1. The molecule has 7 atom stereocenters. The summed E-state index contributed by atoms with van der Waals surface area (Å²) in [6, 6.07) is 0. The summed E-state index contributed by atoms with van der Waals surface area (Å²) in [4.78, 5) is 47.1. The van der Waals surface area contributed by atoms with Crippen molar-refractivity contribution in [3.8, 4) is 0 Å². The molecule has 3 saturated carbocycles. The Bertz CT molecular complexity index is 1210. The van der Waals surface area contributed by atoms with E-state index >= 15 is 0 Å². The molecule has 0 radical (unpaired) electrons. The van der Waals surface area contributed by atoms with E-state index in [9.17, 15) is 14.4 Å². The molecule has 5 aliphatic rings. The molecular weight excluding hydrogens is 448 g/mol. The van der Waals surface area contributed by atoms with E-state index in [1.165, 1.54) is 0 Å². The second-order valence-corrected chi connectivity index (χ2v) is 14.5. The van der Waals surface area contributed by atoms with Crippen molar-refractivity contribution in [2.45, 2.75) is 99.0 Å². The topological polar surface area (TPSA) is 67.9 Å². The summed E-state index contributed by atoms with van der Waals surface area (Å²) in [5.74, 6) is -0.0559. The van der Waals surface area contributed by atoms with Gasteiger partial charge in [0, 0.05) is 16.7 Å². The lowest BCUT2D eigenvalue weighted by Crippen LogP contribution is -2.65. The standard InChI is InChI=1S/C31H40N2O3/c1-26(2)11-13-31(33-18-34)14-12-30(7)24(19(31)16-26)21(35)15-23-28(5)17-20(32-8)25(36)27(3,4)22(28)9-10-29(23,30)6/h15,17,19,22,24H,9-14,16H2,1-7H3/t19-,22-,24-,28-,29+,30+,31-/m0/s1. The van der Waals surface area contributed by atoms with Gasteiger partial charge in [0.05, 0.1) is 12.1 Å². The molecule has 0 saturated heterocycles. The number of carbonyl (C=O) groups excluding carboxylic acids is 3. The van der Waals surface area contributed by atoms with E-state index < -0.39 is 16.4 Å². The predicted molar refractivity (Wildman–Crippen MR) is 138 cm³/mol. The highest BCUT2D eigenvalue weighted by Gasteiger charge is 2.69. The maximum Gasteiger partial charge on any atom is 0.235 e. The molecule has 5 aliphatic carbocycles. The molecule has 192 valence electrons. The quantitative estimate of drug-likeness (QED) is 0.236. The van der Waals surface area contributed by atoms with Crippen LogP contribution >= 0.6 is 0 Å². The van der Waals surface area contributed by atoms with E-state index in [1.54, 1.807) is 0 Å². The van der Waals surface area contributed by atoms with Gasteiger partial charge in [-0.15, -0.1) is 0 Å². The number of fused-ring (bicyclic) bond motifs is 7. The highest BCUT2D eigenvalue weighted by atomic mass is 16.1. The summed E-state index contributed by atoms with van der Waals surface area (Å²) >= 11 is 0. The monoisotopic (exact) mass is 488 g/mol. The Morgan fingerprint density at radius 2 is 1.67 bits per heavy atom. The fourth-order valence-corrected chi connectivity index (χ4v) is 9.86. The summed E-state index contributed by atoms with van der Waals surface area (Å²) in [6.45, 7) is 23.0. The van der Waals surface area contributed by atoms with E-state index in [-0.39, 0.29) is 51.3 Å². The molecule has 0 unspecified atom stereocenters. The van der Waals surface area contributed by atoms with Gasteiger partial charge in [-0.3, -0.25) is 4.79 Å². The van der Waals surface area contributed by atoms with Crippen molar-refractivity contribution in [3.05, 3.63) is 34.8 Å². The van der Waals surface area contributed by atoms with Crippen LogP contribution in [-0.2, 0) is 14.4 Å². The van der Waals surface area contributed by atoms with Crippen LogP contribution in [0.1, 0.15) is 93.4 Å². The highest BCUT2D eigenvalue weighted by molar-refractivity contribution is 6.03. The van der Waals surface area contributed by atoms with Gasteiger partial charge in [0.1, 0.15) is 0 Å². The number of isocyanates is 1. The number of hydrogen-bond acceptors (Lipinski definition) is 4. The van der Waals surface area contributed by atoms with E-state index in [2.05, 4.69) is 44.5 Å². The SMILES string of the molecule is [C-]#[N+]C1=C[C@]2(C)C3=CC(=O)[C@@H]4[C@@H]5CC(C)(C)CC[C@]5(N=C=O)CC[C@@]4(C)[C@]3(C)CC[C@H]2C(C)(C)C1=O. The highest BCUT2D eigenvalue weighted by Crippen LogP contribution is 2.73. The van der Waals surface area contributed by atoms with Gasteiger partial charge in [0.15, 0.2) is 11.6 Å². The summed E-state index contributed by atoms with van der Waals surface area (Å²) in [7, 11) is 0. The minimum absolute atomic E-state index is 0.0211. The Hall–Kier alpha value is -2.31. The van der Waals surface area contributed by atoms with Crippen LogP contribution in [0.3, 0.4) is 0 Å². The lowest BCUT2D eigenvalue weighted by Gasteiger charge is -2.68. The van der Waals surface area contributed by atoms with E-state index in [0.717, 1.165) is 50.5 Å². The number of ketones is 2. The van der Waals surface area contributed by atoms with Gasteiger partial charge < -0.3 is 4.79 Å². The molecule has 5 nitrogen and oxygen atoms in total. The first-order valence-electron chi connectivity index (χ1n) is 13.6. The molecule has 0 heterocycles. The molecule has 0 aromatic carbocycles. The molecule has 0 aromatic heterocycles. The van der Waals surface area contributed by atoms with Crippen LogP contribution in [0.4, 0.5) is 0 Å². The third kappa shape index (κ3) is 2.94. The number of rotatable bonds is 1. The molecule has 3 fully saturated rings. The van der Waals surface area contributed by atoms with Crippen molar-refractivity contribution in [2.75, 3.05) is 0 Å². The Labute approximate surface area is 215 Å². The summed E-state index contributed by atoms with van der Waals surface area (Å²) in [5, 5.41) is 0. The molecule has 0 amide bonds. The molecule has 0 bridgehead atoms. The minimum Gasteiger partial charge on any atom is -0.307 e. The van der Waals surface area contributed by atoms with Gasteiger partial charge in [-0.2, -0.15) is 4.99 Å². The largest absolute Gasteiger partial charge is 0.307 e. The fourth-order valence-electron chi connectivity index (χ4n) is 9.86. The number of hydrogen-bond donors (Lipinski definition) is 0. The minimum atomic E-state index is -0.653. The van der Waals surface area contributed by atoms with Crippen molar-refractivity contribution >= 4 is 17.6 Å². The molecule has 36 heavy (non-hydrogen) atoms. The van der Waals surface area contributed by atoms with Crippen LogP contribution in [0, 0.1) is 51.4 Å². The van der Waals surface area contributed by atoms with E-state index in [4.69, 9.17) is 6.57 Å². The third-order valence-corrected chi connectivity index (χ3v) is 12.1. The summed E-state index contributed by atoms with van der Waals surface area (Å²) < 4.78 is 0. The molecular formula is C31H40N2O3. The van der Waals surface area contributed by atoms with Crippen molar-refractivity contribution in [3.63, 3.8) is 0 Å². The van der Waals surface area contributed by atoms with E-state index in [0.29, 0.717) is 0 Å². The van der Waals surface area contributed by atoms with Gasteiger partial charge in [-0.25, -0.2) is 9.64 Å². The van der Waals surface area contributed by atoms with Gasteiger partial charge in [-0.1, -0.05) is 60.1 Å². The Morgan fingerprint density at radius 3 is 2.31 bits per heavy atom. The number of aliphatic imine (C=N–C) groups is 1. The molecule has 0 aromatic rings. The van der Waals surface area contributed by atoms with E-state index in [1.807, 2.05) is 32.1 Å².